The van der Waals surface area contributed by atoms with E-state index in [1.165, 1.54) is 12.8 Å². The Bertz CT molecular complexity index is 377. The first-order valence-corrected chi connectivity index (χ1v) is 5.19. The third-order valence-electron chi connectivity index (χ3n) is 2.55. The first-order chi connectivity index (χ1) is 7.29. The van der Waals surface area contributed by atoms with E-state index in [-0.39, 0.29) is 0 Å². The van der Waals surface area contributed by atoms with E-state index in [4.69, 9.17) is 12.2 Å². The molecular weight excluding hydrogens is 186 g/mol. The number of nitrogen functional groups attached to an aromatic ring is 1. The summed E-state index contributed by atoms with van der Waals surface area (Å²) in [5, 5.41) is 0. The van der Waals surface area contributed by atoms with Crippen molar-refractivity contribution in [3.05, 3.63) is 18.3 Å². The van der Waals surface area contributed by atoms with Crippen LogP contribution in [0.4, 0.5) is 11.5 Å². The van der Waals surface area contributed by atoms with E-state index in [9.17, 15) is 0 Å². The molecule has 0 spiro atoms. The van der Waals surface area contributed by atoms with Crippen molar-refractivity contribution >= 4 is 11.5 Å². The van der Waals surface area contributed by atoms with E-state index in [0.717, 1.165) is 24.0 Å². The highest BCUT2D eigenvalue weighted by Gasteiger charge is 2.24. The maximum absolute atomic E-state index is 5.72. The molecule has 1 aliphatic carbocycles. The van der Waals surface area contributed by atoms with Gasteiger partial charge in [-0.05, 0) is 24.8 Å². The lowest BCUT2D eigenvalue weighted by atomic mass is 10.3. The molecule has 1 aliphatic rings. The summed E-state index contributed by atoms with van der Waals surface area (Å²) in [6.45, 7) is 1.60. The third kappa shape index (κ3) is 2.63. The summed E-state index contributed by atoms with van der Waals surface area (Å²) in [6.07, 6.45) is 9.69. The quantitative estimate of drug-likeness (QED) is 0.751. The Balaban J connectivity index is 2.11. The number of nitrogens with zero attached hydrogens (tertiary/aromatic N) is 2. The van der Waals surface area contributed by atoms with Crippen LogP contribution in [0.2, 0.25) is 0 Å². The Kier molecular flexibility index (Phi) is 2.77. The van der Waals surface area contributed by atoms with Gasteiger partial charge in [0.2, 0.25) is 0 Å². The molecule has 3 nitrogen and oxygen atoms in total. The highest BCUT2D eigenvalue weighted by molar-refractivity contribution is 5.51. The maximum atomic E-state index is 5.72. The summed E-state index contributed by atoms with van der Waals surface area (Å²) < 4.78 is 0. The van der Waals surface area contributed by atoms with Crippen LogP contribution < -0.4 is 10.6 Å². The van der Waals surface area contributed by atoms with Crippen LogP contribution in [-0.2, 0) is 0 Å². The van der Waals surface area contributed by atoms with Crippen molar-refractivity contribution in [1.29, 1.82) is 0 Å². The van der Waals surface area contributed by atoms with Gasteiger partial charge >= 0.3 is 0 Å². The standard InChI is InChI=1S/C12H15N3/c1-2-7-15(9-10-3-4-10)12-8-11(13)5-6-14-12/h1,5-6,8,10H,3-4,7,9H2,(H2,13,14). The molecule has 0 atom stereocenters. The minimum Gasteiger partial charge on any atom is -0.399 e. The molecule has 1 aromatic heterocycles. The monoisotopic (exact) mass is 201 g/mol. The summed E-state index contributed by atoms with van der Waals surface area (Å²) >= 11 is 0. The van der Waals surface area contributed by atoms with Crippen molar-refractivity contribution in [3.63, 3.8) is 0 Å². The van der Waals surface area contributed by atoms with Crippen molar-refractivity contribution < 1.29 is 0 Å². The minimum atomic E-state index is 0.604. The van der Waals surface area contributed by atoms with Gasteiger partial charge in [-0.15, -0.1) is 6.42 Å². The summed E-state index contributed by atoms with van der Waals surface area (Å²) in [4.78, 5) is 6.41. The fourth-order valence-corrected chi connectivity index (χ4v) is 1.57. The number of nitrogens with two attached hydrogens (primary N) is 1. The topological polar surface area (TPSA) is 42.1 Å². The van der Waals surface area contributed by atoms with Crippen LogP contribution in [0, 0.1) is 18.3 Å². The molecule has 15 heavy (non-hydrogen) atoms. The van der Waals surface area contributed by atoms with Gasteiger partial charge in [0.15, 0.2) is 0 Å². The number of anilines is 2. The molecule has 1 fully saturated rings. The van der Waals surface area contributed by atoms with E-state index in [1.807, 2.05) is 6.07 Å². The van der Waals surface area contributed by atoms with E-state index in [1.54, 1.807) is 12.3 Å². The molecule has 0 amide bonds. The second-order valence-electron chi connectivity index (χ2n) is 3.98. The highest BCUT2D eigenvalue weighted by Crippen LogP contribution is 2.31. The minimum absolute atomic E-state index is 0.604. The molecule has 0 unspecified atom stereocenters. The van der Waals surface area contributed by atoms with Crippen LogP contribution in [0.25, 0.3) is 0 Å². The van der Waals surface area contributed by atoms with E-state index >= 15 is 0 Å². The lowest BCUT2D eigenvalue weighted by Crippen LogP contribution is -2.26. The van der Waals surface area contributed by atoms with Gasteiger partial charge in [-0.2, -0.15) is 0 Å². The molecule has 1 aromatic rings. The molecule has 0 bridgehead atoms. The molecule has 0 aromatic carbocycles. The van der Waals surface area contributed by atoms with Gasteiger partial charge in [0.05, 0.1) is 6.54 Å². The van der Waals surface area contributed by atoms with Gasteiger partial charge < -0.3 is 10.6 Å². The number of terminal acetylenes is 1. The zero-order chi connectivity index (χ0) is 10.7. The van der Waals surface area contributed by atoms with E-state index < -0.39 is 0 Å². The average molecular weight is 201 g/mol. The van der Waals surface area contributed by atoms with Crippen LogP contribution in [0.1, 0.15) is 12.8 Å². The molecule has 2 rings (SSSR count). The zero-order valence-corrected chi connectivity index (χ0v) is 8.69. The lowest BCUT2D eigenvalue weighted by Gasteiger charge is -2.21. The first kappa shape index (κ1) is 9.85. The number of hydrogen-bond donors (Lipinski definition) is 1. The van der Waals surface area contributed by atoms with Crippen molar-refractivity contribution in [2.24, 2.45) is 5.92 Å². The molecule has 78 valence electrons. The van der Waals surface area contributed by atoms with Gasteiger partial charge in [0.1, 0.15) is 5.82 Å². The Labute approximate surface area is 90.3 Å². The van der Waals surface area contributed by atoms with Crippen molar-refractivity contribution in [3.8, 4) is 12.3 Å². The predicted octanol–water partition coefficient (Wildman–Crippen LogP) is 1.51. The van der Waals surface area contributed by atoms with Gasteiger partial charge in [0.25, 0.3) is 0 Å². The Morgan fingerprint density at radius 2 is 2.40 bits per heavy atom. The van der Waals surface area contributed by atoms with Crippen LogP contribution in [0.15, 0.2) is 18.3 Å². The summed E-state index contributed by atoms with van der Waals surface area (Å²) in [5.41, 5.74) is 6.45. The number of rotatable bonds is 4. The van der Waals surface area contributed by atoms with E-state index in [0.29, 0.717) is 6.54 Å². The molecule has 0 radical (unpaired) electrons. The lowest BCUT2D eigenvalue weighted by molar-refractivity contribution is 0.755. The number of hydrogen-bond acceptors (Lipinski definition) is 3. The third-order valence-corrected chi connectivity index (χ3v) is 2.55. The summed E-state index contributed by atoms with van der Waals surface area (Å²) in [6, 6.07) is 3.66. The first-order valence-electron chi connectivity index (χ1n) is 5.19. The van der Waals surface area contributed by atoms with Crippen molar-refractivity contribution in [2.75, 3.05) is 23.7 Å². The van der Waals surface area contributed by atoms with Crippen LogP contribution in [-0.4, -0.2) is 18.1 Å². The Morgan fingerprint density at radius 3 is 3.00 bits per heavy atom. The SMILES string of the molecule is C#CCN(CC1CC1)c1cc(N)ccn1. The fourth-order valence-electron chi connectivity index (χ4n) is 1.57. The average Bonchev–Trinajstić information content (AvgIpc) is 3.01. The van der Waals surface area contributed by atoms with E-state index in [2.05, 4.69) is 15.8 Å². The van der Waals surface area contributed by atoms with Gasteiger partial charge in [-0.3, -0.25) is 0 Å². The fraction of sp³-hybridized carbons (Fsp3) is 0.417. The maximum Gasteiger partial charge on any atom is 0.131 e. The molecule has 0 saturated heterocycles. The summed E-state index contributed by atoms with van der Waals surface area (Å²) in [7, 11) is 0. The summed E-state index contributed by atoms with van der Waals surface area (Å²) in [5.74, 6) is 4.35. The second kappa shape index (κ2) is 4.22. The Hall–Kier alpha value is -1.69. The molecular formula is C12H15N3. The highest BCUT2D eigenvalue weighted by atomic mass is 15.2. The normalized spacial score (nSPS) is 14.6. The van der Waals surface area contributed by atoms with Crippen LogP contribution in [0.3, 0.4) is 0 Å². The van der Waals surface area contributed by atoms with Crippen LogP contribution >= 0.6 is 0 Å². The largest absolute Gasteiger partial charge is 0.399 e. The van der Waals surface area contributed by atoms with Gasteiger partial charge in [-0.25, -0.2) is 4.98 Å². The predicted molar refractivity (Wildman–Crippen MR) is 62.4 cm³/mol. The number of pyridine rings is 1. The molecule has 3 heteroatoms. The molecule has 0 aliphatic heterocycles. The second-order valence-corrected chi connectivity index (χ2v) is 3.98. The zero-order valence-electron chi connectivity index (χ0n) is 8.69. The van der Waals surface area contributed by atoms with Gasteiger partial charge in [0, 0.05) is 24.5 Å². The Morgan fingerprint density at radius 1 is 1.60 bits per heavy atom. The molecule has 1 saturated carbocycles. The molecule has 2 N–H and O–H groups in total. The van der Waals surface area contributed by atoms with Gasteiger partial charge in [-0.1, -0.05) is 5.92 Å². The van der Waals surface area contributed by atoms with Crippen molar-refractivity contribution in [2.45, 2.75) is 12.8 Å². The number of aromatic nitrogens is 1. The van der Waals surface area contributed by atoms with Crippen LogP contribution in [0.5, 0.6) is 0 Å². The van der Waals surface area contributed by atoms with Crippen molar-refractivity contribution in [1.82, 2.24) is 4.98 Å². The smallest absolute Gasteiger partial charge is 0.131 e. The molecule has 1 heterocycles.